The van der Waals surface area contributed by atoms with E-state index in [2.05, 4.69) is 4.90 Å². The smallest absolute Gasteiger partial charge is 0.260 e. The lowest BCUT2D eigenvalue weighted by atomic mass is 10.2. The molecule has 0 saturated carbocycles. The molecule has 158 valence electrons. The second-order valence-corrected chi connectivity index (χ2v) is 9.43. The molecule has 2 aromatic carbocycles. The van der Waals surface area contributed by atoms with Gasteiger partial charge in [-0.05, 0) is 49.1 Å². The first-order valence-corrected chi connectivity index (χ1v) is 12.4. The largest absolute Gasteiger partial charge is 0.379 e. The van der Waals surface area contributed by atoms with Gasteiger partial charge in [0.05, 0.1) is 23.4 Å². The minimum Gasteiger partial charge on any atom is -0.379 e. The first kappa shape index (κ1) is 21.6. The van der Waals surface area contributed by atoms with Crippen LogP contribution >= 0.6 is 34.7 Å². The van der Waals surface area contributed by atoms with Gasteiger partial charge in [0, 0.05) is 41.7 Å². The highest BCUT2D eigenvalue weighted by Gasteiger charge is 2.22. The Morgan fingerprint density at radius 3 is 2.90 bits per heavy atom. The molecule has 0 atom stereocenters. The molecule has 1 saturated heterocycles. The number of anilines is 1. The van der Waals surface area contributed by atoms with E-state index < -0.39 is 0 Å². The van der Waals surface area contributed by atoms with Gasteiger partial charge in [0.25, 0.3) is 5.91 Å². The molecule has 1 amide bonds. The number of fused-ring (bicyclic) bond motifs is 1. The SMILES string of the molecule is CSc1cccc(C(=O)N(CCCN2CCOCC2)c2nc3ccc(Cl)cc3s2)c1. The molecule has 4 rings (SSSR count). The molecule has 5 nitrogen and oxygen atoms in total. The van der Waals surface area contributed by atoms with Crippen LogP contribution in [0.3, 0.4) is 0 Å². The van der Waals surface area contributed by atoms with Crippen molar-refractivity contribution < 1.29 is 9.53 Å². The van der Waals surface area contributed by atoms with Crippen LogP contribution in [0.4, 0.5) is 5.13 Å². The number of benzene rings is 2. The Balaban J connectivity index is 1.58. The third-order valence-corrected chi connectivity index (χ3v) is 7.09. The number of ether oxygens (including phenoxy) is 1. The van der Waals surface area contributed by atoms with Crippen LogP contribution in [-0.4, -0.2) is 61.4 Å². The van der Waals surface area contributed by atoms with Gasteiger partial charge in [-0.15, -0.1) is 11.8 Å². The molecule has 2 heterocycles. The molecule has 3 aromatic rings. The monoisotopic (exact) mass is 461 g/mol. The highest BCUT2D eigenvalue weighted by Crippen LogP contribution is 2.32. The highest BCUT2D eigenvalue weighted by molar-refractivity contribution is 7.98. The third-order valence-electron chi connectivity index (χ3n) is 5.09. The van der Waals surface area contributed by atoms with Crippen LogP contribution in [0, 0.1) is 0 Å². The molecule has 1 fully saturated rings. The van der Waals surface area contributed by atoms with E-state index in [1.807, 2.05) is 53.6 Å². The molecule has 0 aliphatic carbocycles. The van der Waals surface area contributed by atoms with Crippen molar-refractivity contribution >= 4 is 56.0 Å². The number of thioether (sulfide) groups is 1. The fourth-order valence-electron chi connectivity index (χ4n) is 3.47. The number of nitrogens with zero attached hydrogens (tertiary/aromatic N) is 3. The second kappa shape index (κ2) is 10.1. The highest BCUT2D eigenvalue weighted by atomic mass is 35.5. The van der Waals surface area contributed by atoms with Gasteiger partial charge in [-0.2, -0.15) is 0 Å². The Labute approximate surface area is 190 Å². The van der Waals surface area contributed by atoms with E-state index >= 15 is 0 Å². The molecule has 0 unspecified atom stereocenters. The molecule has 8 heteroatoms. The van der Waals surface area contributed by atoms with Gasteiger partial charge in [0.1, 0.15) is 0 Å². The maximum atomic E-state index is 13.5. The van der Waals surface area contributed by atoms with Crippen molar-refractivity contribution in [3.05, 3.63) is 53.1 Å². The Morgan fingerprint density at radius 1 is 1.27 bits per heavy atom. The van der Waals surface area contributed by atoms with E-state index in [0.29, 0.717) is 22.3 Å². The van der Waals surface area contributed by atoms with E-state index in [0.717, 1.165) is 54.4 Å². The van der Waals surface area contributed by atoms with Gasteiger partial charge in [-0.1, -0.05) is 29.0 Å². The summed E-state index contributed by atoms with van der Waals surface area (Å²) in [6.07, 6.45) is 2.89. The lowest BCUT2D eigenvalue weighted by Gasteiger charge is -2.27. The van der Waals surface area contributed by atoms with E-state index in [4.69, 9.17) is 21.3 Å². The number of hydrogen-bond donors (Lipinski definition) is 0. The fourth-order valence-corrected chi connectivity index (χ4v) is 5.20. The van der Waals surface area contributed by atoms with Gasteiger partial charge in [0.15, 0.2) is 5.13 Å². The summed E-state index contributed by atoms with van der Waals surface area (Å²) >= 11 is 9.29. The van der Waals surface area contributed by atoms with Crippen molar-refractivity contribution in [3.63, 3.8) is 0 Å². The minimum absolute atomic E-state index is 0.0157. The Bertz CT molecular complexity index is 1020. The van der Waals surface area contributed by atoms with E-state index in [9.17, 15) is 4.79 Å². The molecule has 1 aliphatic heterocycles. The number of carbonyl (C=O) groups excluding carboxylic acids is 1. The number of thiazole rings is 1. The van der Waals surface area contributed by atoms with Crippen LogP contribution in [0.25, 0.3) is 10.2 Å². The lowest BCUT2D eigenvalue weighted by molar-refractivity contribution is 0.0376. The summed E-state index contributed by atoms with van der Waals surface area (Å²) in [7, 11) is 0. The minimum atomic E-state index is -0.0157. The molecule has 1 aromatic heterocycles. The first-order chi connectivity index (χ1) is 14.6. The molecule has 0 bridgehead atoms. The van der Waals surface area contributed by atoms with E-state index in [-0.39, 0.29) is 5.91 Å². The van der Waals surface area contributed by atoms with Crippen molar-refractivity contribution in [2.45, 2.75) is 11.3 Å². The zero-order valence-electron chi connectivity index (χ0n) is 16.8. The van der Waals surface area contributed by atoms with Gasteiger partial charge in [0.2, 0.25) is 0 Å². The fraction of sp³-hybridized carbons (Fsp3) is 0.364. The van der Waals surface area contributed by atoms with E-state index in [1.165, 1.54) is 11.3 Å². The number of aromatic nitrogens is 1. The van der Waals surface area contributed by atoms with Crippen LogP contribution in [0.2, 0.25) is 5.02 Å². The van der Waals surface area contributed by atoms with Gasteiger partial charge in [-0.25, -0.2) is 4.98 Å². The van der Waals surface area contributed by atoms with Gasteiger partial charge < -0.3 is 4.74 Å². The summed E-state index contributed by atoms with van der Waals surface area (Å²) in [5.41, 5.74) is 1.55. The summed E-state index contributed by atoms with van der Waals surface area (Å²) < 4.78 is 6.42. The summed E-state index contributed by atoms with van der Waals surface area (Å²) in [4.78, 5) is 23.5. The number of halogens is 1. The maximum absolute atomic E-state index is 13.5. The maximum Gasteiger partial charge on any atom is 0.260 e. The van der Waals surface area contributed by atoms with Crippen LogP contribution < -0.4 is 4.90 Å². The number of rotatable bonds is 7. The topological polar surface area (TPSA) is 45.7 Å². The lowest BCUT2D eigenvalue weighted by Crippen LogP contribution is -2.39. The number of hydrogen-bond acceptors (Lipinski definition) is 6. The zero-order chi connectivity index (χ0) is 20.9. The summed E-state index contributed by atoms with van der Waals surface area (Å²) in [5.74, 6) is -0.0157. The Morgan fingerprint density at radius 2 is 2.10 bits per heavy atom. The predicted molar refractivity (Wildman–Crippen MR) is 126 cm³/mol. The van der Waals surface area contributed by atoms with Crippen molar-refractivity contribution in [3.8, 4) is 0 Å². The standard InChI is InChI=1S/C22H24ClN3O2S2/c1-29-18-5-2-4-16(14-18)21(27)26(9-3-8-25-10-12-28-13-11-25)22-24-19-7-6-17(23)15-20(19)30-22/h2,4-7,14-15H,3,8-13H2,1H3. The third kappa shape index (κ3) is 5.15. The van der Waals surface area contributed by atoms with Crippen molar-refractivity contribution in [2.24, 2.45) is 0 Å². The Kier molecular flexibility index (Phi) is 7.28. The Hall–Kier alpha value is -1.64. The van der Waals surface area contributed by atoms with Crippen LogP contribution in [0.1, 0.15) is 16.8 Å². The molecular weight excluding hydrogens is 438 g/mol. The number of amides is 1. The van der Waals surface area contributed by atoms with Crippen LogP contribution in [0.5, 0.6) is 0 Å². The molecule has 0 radical (unpaired) electrons. The van der Waals surface area contributed by atoms with Crippen LogP contribution in [-0.2, 0) is 4.74 Å². The average Bonchev–Trinajstić information content (AvgIpc) is 3.19. The summed E-state index contributed by atoms with van der Waals surface area (Å²) in [6, 6.07) is 13.4. The second-order valence-electron chi connectivity index (χ2n) is 7.10. The summed E-state index contributed by atoms with van der Waals surface area (Å²) in [5, 5.41) is 1.39. The van der Waals surface area contributed by atoms with Gasteiger partial charge in [-0.3, -0.25) is 14.6 Å². The molecule has 0 N–H and O–H groups in total. The van der Waals surface area contributed by atoms with Crippen molar-refractivity contribution in [2.75, 3.05) is 50.5 Å². The number of carbonyl (C=O) groups is 1. The summed E-state index contributed by atoms with van der Waals surface area (Å²) in [6.45, 7) is 5.01. The van der Waals surface area contributed by atoms with Crippen LogP contribution in [0.15, 0.2) is 47.4 Å². The molecule has 1 aliphatic rings. The number of morpholine rings is 1. The molecular formula is C22H24ClN3O2S2. The molecule has 0 spiro atoms. The molecule has 30 heavy (non-hydrogen) atoms. The van der Waals surface area contributed by atoms with Gasteiger partial charge >= 0.3 is 0 Å². The zero-order valence-corrected chi connectivity index (χ0v) is 19.2. The first-order valence-electron chi connectivity index (χ1n) is 9.96. The average molecular weight is 462 g/mol. The predicted octanol–water partition coefficient (Wildman–Crippen LogP) is 5.04. The quantitative estimate of drug-likeness (QED) is 0.461. The van der Waals surface area contributed by atoms with Crippen molar-refractivity contribution in [1.82, 2.24) is 9.88 Å². The van der Waals surface area contributed by atoms with Crippen molar-refractivity contribution in [1.29, 1.82) is 0 Å². The normalized spacial score (nSPS) is 14.9. The van der Waals surface area contributed by atoms with E-state index in [1.54, 1.807) is 11.8 Å².